The van der Waals surface area contributed by atoms with Crippen molar-refractivity contribution in [2.24, 2.45) is 5.16 Å². The number of aromatic nitrogens is 1. The highest BCUT2D eigenvalue weighted by molar-refractivity contribution is 6.11. The predicted octanol–water partition coefficient (Wildman–Crippen LogP) is 6.19. The lowest BCUT2D eigenvalue weighted by Crippen LogP contribution is -2.45. The minimum absolute atomic E-state index is 0.148. The summed E-state index contributed by atoms with van der Waals surface area (Å²) >= 11 is 0. The summed E-state index contributed by atoms with van der Waals surface area (Å²) in [5, 5.41) is 9.44. The molecule has 0 unspecified atom stereocenters. The molecule has 1 aromatic heterocycles. The SMILES string of the molecule is CCn1c2ccccc2c2cc(NC(=O)[C@@H]3C/C(=N\OC)CN3C(=O)C(c3ccccc3)c3ccccc3)ccc21. The van der Waals surface area contributed by atoms with Gasteiger partial charge in [0.25, 0.3) is 0 Å². The fourth-order valence-electron chi connectivity index (χ4n) is 6.00. The first-order valence-electron chi connectivity index (χ1n) is 13.9. The van der Waals surface area contributed by atoms with E-state index in [-0.39, 0.29) is 18.4 Å². The third-order valence-electron chi connectivity index (χ3n) is 7.83. The molecule has 0 bridgehead atoms. The minimum atomic E-state index is -0.723. The van der Waals surface area contributed by atoms with E-state index >= 15 is 0 Å². The molecule has 0 spiro atoms. The Morgan fingerprint density at radius 3 is 2.17 bits per heavy atom. The van der Waals surface area contributed by atoms with Crippen molar-refractivity contribution in [3.05, 3.63) is 114 Å². The first kappa shape index (κ1) is 26.3. The van der Waals surface area contributed by atoms with Gasteiger partial charge in [-0.25, -0.2) is 0 Å². The first-order valence-corrected chi connectivity index (χ1v) is 13.9. The molecule has 7 heteroatoms. The molecule has 7 nitrogen and oxygen atoms in total. The Bertz CT molecular complexity index is 1700. The van der Waals surface area contributed by atoms with Gasteiger partial charge in [-0.05, 0) is 42.3 Å². The van der Waals surface area contributed by atoms with E-state index < -0.39 is 12.0 Å². The van der Waals surface area contributed by atoms with Gasteiger partial charge in [0.2, 0.25) is 11.8 Å². The number of anilines is 1. The second-order valence-corrected chi connectivity index (χ2v) is 10.3. The van der Waals surface area contributed by atoms with E-state index in [1.165, 1.54) is 7.11 Å². The molecule has 41 heavy (non-hydrogen) atoms. The number of likely N-dealkylation sites (tertiary alicyclic amines) is 1. The van der Waals surface area contributed by atoms with Crippen LogP contribution in [0.25, 0.3) is 21.8 Å². The van der Waals surface area contributed by atoms with Crippen LogP contribution in [0.5, 0.6) is 0 Å². The molecule has 0 radical (unpaired) electrons. The van der Waals surface area contributed by atoms with Crippen molar-refractivity contribution in [2.75, 3.05) is 19.0 Å². The van der Waals surface area contributed by atoms with Crippen LogP contribution in [-0.2, 0) is 21.0 Å². The highest BCUT2D eigenvalue weighted by Gasteiger charge is 2.41. The number of nitrogens with zero attached hydrogens (tertiary/aromatic N) is 3. The molecule has 6 rings (SSSR count). The Morgan fingerprint density at radius 1 is 0.878 bits per heavy atom. The predicted molar refractivity (Wildman–Crippen MR) is 163 cm³/mol. The van der Waals surface area contributed by atoms with Gasteiger partial charge in [-0.15, -0.1) is 0 Å². The summed E-state index contributed by atoms with van der Waals surface area (Å²) in [6.07, 6.45) is 0.305. The number of aryl methyl sites for hydroxylation is 1. The fourth-order valence-corrected chi connectivity index (χ4v) is 6.00. The number of oxime groups is 1. The summed E-state index contributed by atoms with van der Waals surface area (Å²) in [4.78, 5) is 34.8. The second-order valence-electron chi connectivity index (χ2n) is 10.3. The first-order chi connectivity index (χ1) is 20.1. The summed E-state index contributed by atoms with van der Waals surface area (Å²) in [5.74, 6) is -0.949. The van der Waals surface area contributed by atoms with E-state index in [2.05, 4.69) is 34.1 Å². The van der Waals surface area contributed by atoms with E-state index in [1.807, 2.05) is 91.0 Å². The quantitative estimate of drug-likeness (QED) is 0.248. The van der Waals surface area contributed by atoms with Crippen molar-refractivity contribution in [1.82, 2.24) is 9.47 Å². The lowest BCUT2D eigenvalue weighted by molar-refractivity contribution is -0.137. The molecule has 206 valence electrons. The number of amides is 2. The molecule has 1 aliphatic rings. The number of benzene rings is 4. The summed E-state index contributed by atoms with van der Waals surface area (Å²) < 4.78 is 2.27. The number of carbonyl (C=O) groups excluding carboxylic acids is 2. The van der Waals surface area contributed by atoms with Gasteiger partial charge >= 0.3 is 0 Å². The average molecular weight is 545 g/mol. The summed E-state index contributed by atoms with van der Waals surface area (Å²) in [7, 11) is 1.48. The van der Waals surface area contributed by atoms with E-state index in [9.17, 15) is 9.59 Å². The third-order valence-corrected chi connectivity index (χ3v) is 7.83. The zero-order valence-electron chi connectivity index (χ0n) is 23.2. The van der Waals surface area contributed by atoms with Crippen molar-refractivity contribution in [2.45, 2.75) is 31.8 Å². The van der Waals surface area contributed by atoms with E-state index in [0.29, 0.717) is 17.8 Å². The fraction of sp³-hybridized carbons (Fsp3) is 0.206. The maximum atomic E-state index is 14.3. The van der Waals surface area contributed by atoms with Crippen molar-refractivity contribution >= 4 is 45.0 Å². The van der Waals surface area contributed by atoms with E-state index in [4.69, 9.17) is 4.84 Å². The maximum absolute atomic E-state index is 14.3. The monoisotopic (exact) mass is 544 g/mol. The molecule has 1 fully saturated rings. The Hall–Kier alpha value is -4.91. The average Bonchev–Trinajstić information content (AvgIpc) is 3.57. The zero-order chi connectivity index (χ0) is 28.3. The van der Waals surface area contributed by atoms with Gasteiger partial charge in [0.1, 0.15) is 13.2 Å². The summed E-state index contributed by atoms with van der Waals surface area (Å²) in [5.41, 5.74) is 5.37. The molecule has 0 saturated carbocycles. The Kier molecular flexibility index (Phi) is 7.25. The lowest BCUT2D eigenvalue weighted by Gasteiger charge is -2.28. The van der Waals surface area contributed by atoms with E-state index in [1.54, 1.807) is 4.90 Å². The Labute approximate surface area is 239 Å². The standard InChI is InChI=1S/C34H32N4O3/c1-3-37-29-17-11-10-16-27(29)28-20-25(18-19-30(28)37)35-33(39)31-21-26(36-41-2)22-38(31)34(40)32(23-12-6-4-7-13-23)24-14-8-5-9-15-24/h4-20,31-32H,3,21-22H2,1-2H3,(H,35,39)/b36-26+/t31-/m0/s1. The van der Waals surface area contributed by atoms with Crippen LogP contribution < -0.4 is 5.32 Å². The maximum Gasteiger partial charge on any atom is 0.247 e. The molecule has 1 aliphatic heterocycles. The molecular weight excluding hydrogens is 512 g/mol. The molecule has 1 N–H and O–H groups in total. The van der Waals surface area contributed by atoms with Crippen LogP contribution in [0.4, 0.5) is 5.69 Å². The van der Waals surface area contributed by atoms with Gasteiger partial charge in [0.15, 0.2) is 0 Å². The molecule has 2 amide bonds. The molecule has 2 heterocycles. The van der Waals surface area contributed by atoms with Gasteiger partial charge in [-0.3, -0.25) is 9.59 Å². The summed E-state index contributed by atoms with van der Waals surface area (Å²) in [6, 6.07) is 32.9. The van der Waals surface area contributed by atoms with Crippen LogP contribution in [0, 0.1) is 0 Å². The molecule has 1 atom stereocenters. The van der Waals surface area contributed by atoms with Crippen LogP contribution in [0.2, 0.25) is 0 Å². The topological polar surface area (TPSA) is 75.9 Å². The zero-order valence-corrected chi connectivity index (χ0v) is 23.2. The minimum Gasteiger partial charge on any atom is -0.399 e. The molecule has 0 aliphatic carbocycles. The van der Waals surface area contributed by atoms with Crippen molar-refractivity contribution in [3.63, 3.8) is 0 Å². The molecule has 5 aromatic rings. The smallest absolute Gasteiger partial charge is 0.247 e. The van der Waals surface area contributed by atoms with Gasteiger partial charge in [0, 0.05) is 40.5 Å². The summed E-state index contributed by atoms with van der Waals surface area (Å²) in [6.45, 7) is 3.20. The van der Waals surface area contributed by atoms with Gasteiger partial charge in [-0.2, -0.15) is 0 Å². The van der Waals surface area contributed by atoms with Gasteiger partial charge in [0.05, 0.1) is 18.2 Å². The number of fused-ring (bicyclic) bond motifs is 3. The van der Waals surface area contributed by atoms with Crippen molar-refractivity contribution < 1.29 is 14.4 Å². The normalized spacial score (nSPS) is 16.1. The second kappa shape index (κ2) is 11.3. The highest BCUT2D eigenvalue weighted by atomic mass is 16.6. The Morgan fingerprint density at radius 2 is 1.51 bits per heavy atom. The number of hydrogen-bond acceptors (Lipinski definition) is 4. The molecular formula is C34H32N4O3. The number of para-hydroxylation sites is 1. The molecule has 4 aromatic carbocycles. The molecule has 1 saturated heterocycles. The van der Waals surface area contributed by atoms with Gasteiger partial charge in [-0.1, -0.05) is 84.0 Å². The van der Waals surface area contributed by atoms with Crippen molar-refractivity contribution in [3.8, 4) is 0 Å². The number of rotatable bonds is 7. The number of hydrogen-bond donors (Lipinski definition) is 1. The number of nitrogens with one attached hydrogen (secondary N) is 1. The Balaban J connectivity index is 1.33. The van der Waals surface area contributed by atoms with Crippen LogP contribution in [0.15, 0.2) is 108 Å². The van der Waals surface area contributed by atoms with Crippen LogP contribution in [0.3, 0.4) is 0 Å². The number of carbonyl (C=O) groups is 2. The highest BCUT2D eigenvalue weighted by Crippen LogP contribution is 2.33. The largest absolute Gasteiger partial charge is 0.399 e. The van der Waals surface area contributed by atoms with E-state index in [0.717, 1.165) is 39.5 Å². The van der Waals surface area contributed by atoms with Crippen molar-refractivity contribution in [1.29, 1.82) is 0 Å². The lowest BCUT2D eigenvalue weighted by atomic mass is 9.90. The van der Waals surface area contributed by atoms with Crippen LogP contribution in [0.1, 0.15) is 30.4 Å². The van der Waals surface area contributed by atoms with Crippen LogP contribution >= 0.6 is 0 Å². The van der Waals surface area contributed by atoms with Crippen LogP contribution in [-0.4, -0.2) is 46.7 Å². The third kappa shape index (κ3) is 4.95. The van der Waals surface area contributed by atoms with Gasteiger partial charge < -0.3 is 19.6 Å².